The second-order valence-corrected chi connectivity index (χ2v) is 6.91. The highest BCUT2D eigenvalue weighted by atomic mass is 32.1. The number of piperazine rings is 1. The predicted molar refractivity (Wildman–Crippen MR) is 92.2 cm³/mol. The Labute approximate surface area is 136 Å². The molecule has 0 bridgehead atoms. The third-order valence-electron chi connectivity index (χ3n) is 4.13. The molecule has 0 atom stereocenters. The van der Waals surface area contributed by atoms with Gasteiger partial charge in [-0.2, -0.15) is 0 Å². The highest BCUT2D eigenvalue weighted by Crippen LogP contribution is 2.26. The maximum atomic E-state index is 4.67. The Hall–Kier alpha value is -1.69. The van der Waals surface area contributed by atoms with Crippen molar-refractivity contribution in [3.8, 4) is 0 Å². The van der Waals surface area contributed by atoms with Crippen LogP contribution in [0, 0.1) is 20.8 Å². The van der Waals surface area contributed by atoms with Gasteiger partial charge >= 0.3 is 0 Å². The van der Waals surface area contributed by atoms with Crippen molar-refractivity contribution in [3.05, 3.63) is 28.2 Å². The summed E-state index contributed by atoms with van der Waals surface area (Å²) >= 11 is 1.80. The van der Waals surface area contributed by atoms with E-state index in [4.69, 9.17) is 0 Å². The molecule has 22 heavy (non-hydrogen) atoms. The summed E-state index contributed by atoms with van der Waals surface area (Å²) in [6.45, 7) is 12.3. The maximum absolute atomic E-state index is 4.67. The Kier molecular flexibility index (Phi) is 4.29. The van der Waals surface area contributed by atoms with E-state index < -0.39 is 0 Å². The largest absolute Gasteiger partial charge is 0.353 e. The Morgan fingerprint density at radius 1 is 1.00 bits per heavy atom. The van der Waals surface area contributed by atoms with Crippen molar-refractivity contribution in [2.75, 3.05) is 36.0 Å². The molecule has 3 rings (SSSR count). The molecular formula is C16H23N5S. The molecule has 0 aliphatic carbocycles. The fourth-order valence-electron chi connectivity index (χ4n) is 2.67. The van der Waals surface area contributed by atoms with Gasteiger partial charge in [-0.1, -0.05) is 6.92 Å². The molecule has 118 valence electrons. The summed E-state index contributed by atoms with van der Waals surface area (Å²) in [5, 5.41) is 1.16. The lowest BCUT2D eigenvalue weighted by atomic mass is 10.2. The van der Waals surface area contributed by atoms with Crippen LogP contribution in [0.2, 0.25) is 0 Å². The van der Waals surface area contributed by atoms with Crippen molar-refractivity contribution in [1.29, 1.82) is 0 Å². The highest BCUT2D eigenvalue weighted by molar-refractivity contribution is 7.15. The molecule has 0 radical (unpaired) electrons. The first kappa shape index (κ1) is 15.2. The first-order valence-corrected chi connectivity index (χ1v) is 8.67. The van der Waals surface area contributed by atoms with Crippen LogP contribution < -0.4 is 9.80 Å². The van der Waals surface area contributed by atoms with E-state index in [1.54, 1.807) is 11.3 Å². The zero-order chi connectivity index (χ0) is 15.7. The van der Waals surface area contributed by atoms with Gasteiger partial charge in [0.25, 0.3) is 0 Å². The molecule has 0 N–H and O–H groups in total. The molecule has 5 nitrogen and oxygen atoms in total. The molecule has 6 heteroatoms. The SMILES string of the molecule is CCc1cc(N2CCN(c3nc(C)c(C)s3)CC2)nc(C)n1. The molecule has 3 heterocycles. The number of rotatable bonds is 3. The molecule has 0 saturated carbocycles. The number of nitrogens with zero attached hydrogens (tertiary/aromatic N) is 5. The number of hydrogen-bond donors (Lipinski definition) is 0. The second-order valence-electron chi connectivity index (χ2n) is 5.73. The van der Waals surface area contributed by atoms with Gasteiger partial charge in [-0.25, -0.2) is 15.0 Å². The van der Waals surface area contributed by atoms with E-state index in [-0.39, 0.29) is 0 Å². The lowest BCUT2D eigenvalue weighted by Crippen LogP contribution is -2.47. The normalized spacial score (nSPS) is 15.5. The van der Waals surface area contributed by atoms with Gasteiger partial charge in [0.2, 0.25) is 0 Å². The molecular weight excluding hydrogens is 294 g/mol. The summed E-state index contributed by atoms with van der Waals surface area (Å²) in [6, 6.07) is 2.13. The van der Waals surface area contributed by atoms with Crippen LogP contribution in [0.3, 0.4) is 0 Å². The van der Waals surface area contributed by atoms with Gasteiger partial charge < -0.3 is 9.80 Å². The highest BCUT2D eigenvalue weighted by Gasteiger charge is 2.21. The molecule has 2 aromatic rings. The number of hydrogen-bond acceptors (Lipinski definition) is 6. The Balaban J connectivity index is 1.70. The van der Waals surface area contributed by atoms with Crippen molar-refractivity contribution in [1.82, 2.24) is 15.0 Å². The van der Waals surface area contributed by atoms with E-state index in [1.807, 2.05) is 6.92 Å². The van der Waals surface area contributed by atoms with E-state index in [9.17, 15) is 0 Å². The van der Waals surface area contributed by atoms with Gasteiger partial charge in [0.15, 0.2) is 5.13 Å². The number of anilines is 2. The molecule has 0 amide bonds. The molecule has 0 aromatic carbocycles. The minimum Gasteiger partial charge on any atom is -0.353 e. The zero-order valence-electron chi connectivity index (χ0n) is 13.8. The maximum Gasteiger partial charge on any atom is 0.185 e. The summed E-state index contributed by atoms with van der Waals surface area (Å²) in [6.07, 6.45) is 0.952. The predicted octanol–water partition coefficient (Wildman–Crippen LogP) is 2.75. The smallest absolute Gasteiger partial charge is 0.185 e. The summed E-state index contributed by atoms with van der Waals surface area (Å²) < 4.78 is 0. The van der Waals surface area contributed by atoms with Crippen molar-refractivity contribution < 1.29 is 0 Å². The molecule has 1 aliphatic rings. The van der Waals surface area contributed by atoms with Gasteiger partial charge in [0.1, 0.15) is 11.6 Å². The Bertz CT molecular complexity index is 639. The van der Waals surface area contributed by atoms with Gasteiger partial charge in [-0.3, -0.25) is 0 Å². The first-order valence-electron chi connectivity index (χ1n) is 7.85. The van der Waals surface area contributed by atoms with Crippen LogP contribution in [0.15, 0.2) is 6.07 Å². The third-order valence-corrected chi connectivity index (χ3v) is 5.26. The fourth-order valence-corrected chi connectivity index (χ4v) is 3.63. The van der Waals surface area contributed by atoms with Crippen LogP contribution in [-0.4, -0.2) is 41.1 Å². The quantitative estimate of drug-likeness (QED) is 0.871. The lowest BCUT2D eigenvalue weighted by molar-refractivity contribution is 0.643. The van der Waals surface area contributed by atoms with E-state index in [2.05, 4.69) is 51.6 Å². The van der Waals surface area contributed by atoms with Crippen molar-refractivity contribution in [3.63, 3.8) is 0 Å². The van der Waals surface area contributed by atoms with E-state index in [0.717, 1.165) is 60.8 Å². The summed E-state index contributed by atoms with van der Waals surface area (Å²) in [4.78, 5) is 19.8. The van der Waals surface area contributed by atoms with E-state index in [1.165, 1.54) is 4.88 Å². The van der Waals surface area contributed by atoms with Crippen molar-refractivity contribution in [2.45, 2.75) is 34.1 Å². The molecule has 0 spiro atoms. The average Bonchev–Trinajstić information content (AvgIpc) is 2.86. The minimum absolute atomic E-state index is 0.864. The van der Waals surface area contributed by atoms with Crippen LogP contribution in [0.25, 0.3) is 0 Å². The average molecular weight is 317 g/mol. The second kappa shape index (κ2) is 6.20. The standard InChI is InChI=1S/C16H23N5S/c1-5-14-10-15(19-13(4)18-14)20-6-8-21(9-7-20)16-17-11(2)12(3)22-16/h10H,5-9H2,1-4H3. The Morgan fingerprint density at radius 2 is 1.68 bits per heavy atom. The first-order chi connectivity index (χ1) is 10.6. The van der Waals surface area contributed by atoms with Crippen molar-refractivity contribution >= 4 is 22.3 Å². The Morgan fingerprint density at radius 3 is 2.27 bits per heavy atom. The van der Waals surface area contributed by atoms with Crippen LogP contribution >= 0.6 is 11.3 Å². The van der Waals surface area contributed by atoms with Crippen molar-refractivity contribution in [2.24, 2.45) is 0 Å². The third kappa shape index (κ3) is 3.06. The van der Waals surface area contributed by atoms with Gasteiger partial charge in [0.05, 0.1) is 5.69 Å². The summed E-state index contributed by atoms with van der Waals surface area (Å²) in [5.41, 5.74) is 2.28. The lowest BCUT2D eigenvalue weighted by Gasteiger charge is -2.35. The fraction of sp³-hybridized carbons (Fsp3) is 0.562. The van der Waals surface area contributed by atoms with Crippen LogP contribution in [0.1, 0.15) is 29.0 Å². The van der Waals surface area contributed by atoms with Crippen LogP contribution in [0.4, 0.5) is 10.9 Å². The number of thiazole rings is 1. The van der Waals surface area contributed by atoms with Gasteiger partial charge in [0, 0.05) is 42.8 Å². The van der Waals surface area contributed by atoms with E-state index >= 15 is 0 Å². The van der Waals surface area contributed by atoms with Crippen LogP contribution in [0.5, 0.6) is 0 Å². The molecule has 1 saturated heterocycles. The zero-order valence-corrected chi connectivity index (χ0v) is 14.6. The molecule has 0 unspecified atom stereocenters. The molecule has 1 aliphatic heterocycles. The van der Waals surface area contributed by atoms with Gasteiger partial charge in [-0.15, -0.1) is 11.3 Å². The van der Waals surface area contributed by atoms with Gasteiger partial charge in [-0.05, 0) is 27.2 Å². The molecule has 2 aromatic heterocycles. The summed E-state index contributed by atoms with van der Waals surface area (Å²) in [5.74, 6) is 1.93. The van der Waals surface area contributed by atoms with Crippen LogP contribution in [-0.2, 0) is 6.42 Å². The molecule has 1 fully saturated rings. The minimum atomic E-state index is 0.864. The topological polar surface area (TPSA) is 45.2 Å². The number of aryl methyl sites for hydroxylation is 4. The number of aromatic nitrogens is 3. The monoisotopic (exact) mass is 317 g/mol. The van der Waals surface area contributed by atoms with E-state index in [0.29, 0.717) is 0 Å². The summed E-state index contributed by atoms with van der Waals surface area (Å²) in [7, 11) is 0.